The summed E-state index contributed by atoms with van der Waals surface area (Å²) >= 11 is 0. The van der Waals surface area contributed by atoms with Gasteiger partial charge >= 0.3 is 0 Å². The number of hydrogen-bond donors (Lipinski definition) is 4. The van der Waals surface area contributed by atoms with Crippen molar-refractivity contribution in [3.63, 3.8) is 0 Å². The summed E-state index contributed by atoms with van der Waals surface area (Å²) in [6.45, 7) is 3.36. The molecule has 35 heavy (non-hydrogen) atoms. The zero-order chi connectivity index (χ0) is 25.9. The molecule has 4 N–H and O–H groups in total. The molecule has 0 aliphatic carbocycles. The summed E-state index contributed by atoms with van der Waals surface area (Å²) in [4.78, 5) is 22.3. The van der Waals surface area contributed by atoms with Crippen molar-refractivity contribution in [3.8, 4) is 0 Å². The maximum atomic E-state index is 12.3. The normalized spacial score (nSPS) is 11.7. The third kappa shape index (κ3) is 10.1. The second-order valence-electron chi connectivity index (χ2n) is 7.97. The highest BCUT2D eigenvalue weighted by Crippen LogP contribution is 2.15. The van der Waals surface area contributed by atoms with Crippen molar-refractivity contribution in [1.82, 2.24) is 9.44 Å². The number of carbonyl (C=O) groups is 2. The second kappa shape index (κ2) is 13.3. The maximum Gasteiger partial charge on any atom is 0.240 e. The SMILES string of the molecule is CC(=O)Nc1ccc(S(=O)(=O)NCCCCCCCNS(=O)(=O)c2ccc(NC(C)=O)cc2)cc1. The number of sulfonamides is 2. The van der Waals surface area contributed by atoms with Crippen LogP contribution in [0.1, 0.15) is 46.0 Å². The van der Waals surface area contributed by atoms with E-state index in [0.29, 0.717) is 37.3 Å². The van der Waals surface area contributed by atoms with Crippen molar-refractivity contribution in [2.75, 3.05) is 23.7 Å². The van der Waals surface area contributed by atoms with Crippen LogP contribution in [0, 0.1) is 0 Å². The van der Waals surface area contributed by atoms with E-state index >= 15 is 0 Å². The number of nitrogens with one attached hydrogen (secondary N) is 4. The minimum atomic E-state index is -3.62. The first-order valence-electron chi connectivity index (χ1n) is 11.2. The van der Waals surface area contributed by atoms with Crippen molar-refractivity contribution in [3.05, 3.63) is 48.5 Å². The lowest BCUT2D eigenvalue weighted by atomic mass is 10.1. The zero-order valence-electron chi connectivity index (χ0n) is 19.8. The Morgan fingerprint density at radius 3 is 1.20 bits per heavy atom. The van der Waals surface area contributed by atoms with Gasteiger partial charge in [-0.1, -0.05) is 19.3 Å². The van der Waals surface area contributed by atoms with Gasteiger partial charge in [-0.3, -0.25) is 9.59 Å². The second-order valence-corrected chi connectivity index (χ2v) is 11.5. The number of anilines is 2. The van der Waals surface area contributed by atoms with E-state index in [1.54, 1.807) is 0 Å². The standard InChI is InChI=1S/C23H32N4O6S2/c1-18(28)26-20-8-12-22(13-9-20)34(30,31)24-16-6-4-3-5-7-17-25-35(32,33)23-14-10-21(11-15-23)27-19(2)29/h8-15,24-25H,3-7,16-17H2,1-2H3,(H,26,28)(H,27,29). The molecule has 0 radical (unpaired) electrons. The lowest BCUT2D eigenvalue weighted by Crippen LogP contribution is -2.25. The molecule has 12 heteroatoms. The van der Waals surface area contributed by atoms with E-state index in [2.05, 4.69) is 20.1 Å². The van der Waals surface area contributed by atoms with Crippen LogP contribution in [0.25, 0.3) is 0 Å². The van der Waals surface area contributed by atoms with Crippen LogP contribution in [0.2, 0.25) is 0 Å². The van der Waals surface area contributed by atoms with E-state index in [4.69, 9.17) is 0 Å². The largest absolute Gasteiger partial charge is 0.326 e. The highest BCUT2D eigenvalue weighted by atomic mass is 32.2. The summed E-state index contributed by atoms with van der Waals surface area (Å²) in [5, 5.41) is 5.17. The number of amides is 2. The lowest BCUT2D eigenvalue weighted by Gasteiger charge is -2.09. The predicted molar refractivity (Wildman–Crippen MR) is 135 cm³/mol. The Labute approximate surface area is 207 Å². The molecule has 10 nitrogen and oxygen atoms in total. The third-order valence-electron chi connectivity index (χ3n) is 4.91. The highest BCUT2D eigenvalue weighted by molar-refractivity contribution is 7.89. The monoisotopic (exact) mass is 524 g/mol. The van der Waals surface area contributed by atoms with Gasteiger partial charge in [0.2, 0.25) is 31.9 Å². The summed E-state index contributed by atoms with van der Waals surface area (Å²) in [6.07, 6.45) is 3.79. The van der Waals surface area contributed by atoms with E-state index in [9.17, 15) is 26.4 Å². The van der Waals surface area contributed by atoms with Crippen LogP contribution < -0.4 is 20.1 Å². The van der Waals surface area contributed by atoms with E-state index < -0.39 is 20.0 Å². The first-order chi connectivity index (χ1) is 16.5. The molecule has 0 unspecified atom stereocenters. The van der Waals surface area contributed by atoms with Crippen molar-refractivity contribution < 1.29 is 26.4 Å². The Balaban J connectivity index is 1.62. The lowest BCUT2D eigenvalue weighted by molar-refractivity contribution is -0.115. The Kier molecular flexibility index (Phi) is 10.8. The van der Waals surface area contributed by atoms with Gasteiger partial charge in [-0.2, -0.15) is 0 Å². The van der Waals surface area contributed by atoms with Gasteiger partial charge in [-0.15, -0.1) is 0 Å². The van der Waals surface area contributed by atoms with Crippen molar-refractivity contribution >= 4 is 43.2 Å². The molecule has 0 aromatic heterocycles. The molecule has 0 saturated carbocycles. The average Bonchev–Trinajstić information content (AvgIpc) is 2.78. The van der Waals surface area contributed by atoms with Gasteiger partial charge in [-0.05, 0) is 61.4 Å². The van der Waals surface area contributed by atoms with Crippen molar-refractivity contribution in [1.29, 1.82) is 0 Å². The third-order valence-corrected chi connectivity index (χ3v) is 7.86. The molecule has 2 rings (SSSR count). The number of benzene rings is 2. The molecule has 2 amide bonds. The first-order valence-corrected chi connectivity index (χ1v) is 14.2. The molecule has 0 saturated heterocycles. The Morgan fingerprint density at radius 2 is 0.886 bits per heavy atom. The van der Waals surface area contributed by atoms with Gasteiger partial charge in [0.15, 0.2) is 0 Å². The van der Waals surface area contributed by atoms with Crippen LogP contribution in [-0.2, 0) is 29.6 Å². The Hall–Kier alpha value is -2.80. The van der Waals surface area contributed by atoms with E-state index in [-0.39, 0.29) is 21.6 Å². The molecule has 0 aliphatic heterocycles. The quantitative estimate of drug-likeness (QED) is 0.279. The molecular formula is C23H32N4O6S2. The minimum Gasteiger partial charge on any atom is -0.326 e. The van der Waals surface area contributed by atoms with Crippen LogP contribution in [0.15, 0.2) is 58.3 Å². The zero-order valence-corrected chi connectivity index (χ0v) is 21.5. The summed E-state index contributed by atoms with van der Waals surface area (Å²) < 4.78 is 54.5. The van der Waals surface area contributed by atoms with Crippen LogP contribution >= 0.6 is 0 Å². The number of carbonyl (C=O) groups excluding carboxylic acids is 2. The van der Waals surface area contributed by atoms with Crippen LogP contribution in [0.3, 0.4) is 0 Å². The molecule has 0 spiro atoms. The van der Waals surface area contributed by atoms with Gasteiger partial charge in [0.05, 0.1) is 9.79 Å². The summed E-state index contributed by atoms with van der Waals surface area (Å²) in [6, 6.07) is 11.9. The van der Waals surface area contributed by atoms with E-state index in [1.165, 1.54) is 62.4 Å². The van der Waals surface area contributed by atoms with Gasteiger partial charge in [0.25, 0.3) is 0 Å². The van der Waals surface area contributed by atoms with E-state index in [1.807, 2.05) is 0 Å². The van der Waals surface area contributed by atoms with Gasteiger partial charge in [0, 0.05) is 38.3 Å². The molecule has 0 atom stereocenters. The van der Waals surface area contributed by atoms with Gasteiger partial charge in [-0.25, -0.2) is 26.3 Å². The Bertz CT molecular complexity index is 1100. The predicted octanol–water partition coefficient (Wildman–Crippen LogP) is 2.81. The number of unbranched alkanes of at least 4 members (excludes halogenated alkanes) is 4. The highest BCUT2D eigenvalue weighted by Gasteiger charge is 2.14. The fraction of sp³-hybridized carbons (Fsp3) is 0.391. The molecule has 2 aromatic carbocycles. The topological polar surface area (TPSA) is 151 Å². The van der Waals surface area contributed by atoms with Gasteiger partial charge in [0.1, 0.15) is 0 Å². The maximum absolute atomic E-state index is 12.3. The molecule has 0 bridgehead atoms. The molecular weight excluding hydrogens is 492 g/mol. The van der Waals surface area contributed by atoms with Crippen LogP contribution in [0.5, 0.6) is 0 Å². The Morgan fingerprint density at radius 1 is 0.571 bits per heavy atom. The van der Waals surface area contributed by atoms with Crippen molar-refractivity contribution in [2.24, 2.45) is 0 Å². The molecule has 192 valence electrons. The average molecular weight is 525 g/mol. The molecule has 0 aliphatic rings. The van der Waals surface area contributed by atoms with Crippen LogP contribution in [0.4, 0.5) is 11.4 Å². The van der Waals surface area contributed by atoms with Crippen LogP contribution in [-0.4, -0.2) is 41.7 Å². The van der Waals surface area contributed by atoms with E-state index in [0.717, 1.165) is 19.3 Å². The minimum absolute atomic E-state index is 0.128. The van der Waals surface area contributed by atoms with Crippen molar-refractivity contribution in [2.45, 2.75) is 55.7 Å². The first kappa shape index (κ1) is 28.4. The van der Waals surface area contributed by atoms with Gasteiger partial charge < -0.3 is 10.6 Å². The number of rotatable bonds is 14. The molecule has 0 fully saturated rings. The summed E-state index contributed by atoms with van der Waals surface area (Å²) in [5.41, 5.74) is 1.05. The smallest absolute Gasteiger partial charge is 0.240 e. The summed E-state index contributed by atoms with van der Waals surface area (Å²) in [5.74, 6) is -0.462. The number of hydrogen-bond acceptors (Lipinski definition) is 6. The fourth-order valence-electron chi connectivity index (χ4n) is 3.20. The molecule has 2 aromatic rings. The fourth-order valence-corrected chi connectivity index (χ4v) is 5.35. The summed E-state index contributed by atoms with van der Waals surface area (Å²) in [7, 11) is -7.24. The molecule has 0 heterocycles.